The molecule has 1 amide bonds. The van der Waals surface area contributed by atoms with Gasteiger partial charge in [0.25, 0.3) is 5.91 Å². The van der Waals surface area contributed by atoms with E-state index >= 15 is 0 Å². The molecule has 1 aliphatic heterocycles. The highest BCUT2D eigenvalue weighted by Gasteiger charge is 2.23. The van der Waals surface area contributed by atoms with E-state index < -0.39 is 0 Å². The number of piperazine rings is 1. The van der Waals surface area contributed by atoms with E-state index in [9.17, 15) is 15.0 Å². The summed E-state index contributed by atoms with van der Waals surface area (Å²) in [6, 6.07) is 3.97. The van der Waals surface area contributed by atoms with E-state index in [1.165, 1.54) is 18.2 Å². The van der Waals surface area contributed by atoms with Gasteiger partial charge >= 0.3 is 0 Å². The second kappa shape index (κ2) is 6.78. The van der Waals surface area contributed by atoms with Crippen molar-refractivity contribution >= 4 is 5.91 Å². The summed E-state index contributed by atoms with van der Waals surface area (Å²) >= 11 is 0. The summed E-state index contributed by atoms with van der Waals surface area (Å²) in [5, 5.41) is 18.9. The molecule has 1 fully saturated rings. The van der Waals surface area contributed by atoms with E-state index in [-0.39, 0.29) is 17.4 Å². The van der Waals surface area contributed by atoms with Crippen molar-refractivity contribution in [2.45, 2.75) is 6.92 Å². The molecule has 1 aromatic carbocycles. The maximum absolute atomic E-state index is 12.4. The number of phenolic OH excluding ortho intramolecular Hbond substituents is 2. The molecule has 0 bridgehead atoms. The number of benzene rings is 1. The predicted molar refractivity (Wildman–Crippen MR) is 80.3 cm³/mol. The van der Waals surface area contributed by atoms with Crippen LogP contribution in [0.25, 0.3) is 0 Å². The van der Waals surface area contributed by atoms with Crippen LogP contribution in [-0.2, 0) is 0 Å². The number of carbonyl (C=O) groups excluding carboxylic acids is 1. The number of nitrogens with zero attached hydrogens (tertiary/aromatic N) is 2. The average Bonchev–Trinajstić information content (AvgIpc) is 2.46. The van der Waals surface area contributed by atoms with Gasteiger partial charge in [0.2, 0.25) is 0 Å². The monoisotopic (exact) mass is 293 g/mol. The van der Waals surface area contributed by atoms with Gasteiger partial charge in [-0.2, -0.15) is 0 Å². The average molecular weight is 293 g/mol. The first-order valence-electron chi connectivity index (χ1n) is 7.24. The predicted octanol–water partition coefficient (Wildman–Crippen LogP) is 0.450. The summed E-state index contributed by atoms with van der Waals surface area (Å²) in [6.45, 7) is 6.67. The molecule has 6 nitrogen and oxygen atoms in total. The van der Waals surface area contributed by atoms with Gasteiger partial charge in [-0.3, -0.25) is 9.69 Å². The van der Waals surface area contributed by atoms with Crippen LogP contribution in [0.1, 0.15) is 17.3 Å². The van der Waals surface area contributed by atoms with E-state index in [0.717, 1.165) is 19.6 Å². The van der Waals surface area contributed by atoms with Gasteiger partial charge in [-0.1, -0.05) is 6.92 Å². The maximum atomic E-state index is 12.4. The van der Waals surface area contributed by atoms with Crippen LogP contribution in [-0.4, -0.2) is 65.2 Å². The van der Waals surface area contributed by atoms with Gasteiger partial charge in [-0.25, -0.2) is 0 Å². The summed E-state index contributed by atoms with van der Waals surface area (Å²) in [5.41, 5.74) is 5.95. The van der Waals surface area contributed by atoms with Gasteiger partial charge < -0.3 is 20.8 Å². The fourth-order valence-electron chi connectivity index (χ4n) is 2.55. The topological polar surface area (TPSA) is 90.0 Å². The number of amides is 1. The van der Waals surface area contributed by atoms with Gasteiger partial charge in [-0.05, 0) is 24.6 Å². The fourth-order valence-corrected chi connectivity index (χ4v) is 2.55. The molecule has 0 saturated carbocycles. The first-order valence-corrected chi connectivity index (χ1v) is 7.24. The Morgan fingerprint density at radius 3 is 2.29 bits per heavy atom. The number of aromatic hydroxyl groups is 2. The lowest BCUT2D eigenvalue weighted by atomic mass is 10.1. The van der Waals surface area contributed by atoms with E-state index in [2.05, 4.69) is 11.8 Å². The van der Waals surface area contributed by atoms with Gasteiger partial charge in [0.05, 0.1) is 0 Å². The minimum atomic E-state index is -0.160. The lowest BCUT2D eigenvalue weighted by Crippen LogP contribution is -2.50. The Hall–Kier alpha value is -1.79. The smallest absolute Gasteiger partial charge is 0.254 e. The van der Waals surface area contributed by atoms with Crippen LogP contribution in [0.2, 0.25) is 0 Å². The molecule has 21 heavy (non-hydrogen) atoms. The van der Waals surface area contributed by atoms with E-state index in [4.69, 9.17) is 5.73 Å². The lowest BCUT2D eigenvalue weighted by Gasteiger charge is -2.35. The summed E-state index contributed by atoms with van der Waals surface area (Å²) < 4.78 is 0. The first-order chi connectivity index (χ1) is 9.99. The van der Waals surface area contributed by atoms with Crippen molar-refractivity contribution in [3.8, 4) is 11.5 Å². The third-order valence-corrected chi connectivity index (χ3v) is 3.78. The Morgan fingerprint density at radius 1 is 1.19 bits per heavy atom. The molecular weight excluding hydrogens is 270 g/mol. The van der Waals surface area contributed by atoms with E-state index in [0.29, 0.717) is 31.1 Å². The molecule has 0 radical (unpaired) electrons. The van der Waals surface area contributed by atoms with Gasteiger partial charge in [0.1, 0.15) is 11.5 Å². The molecule has 0 spiro atoms. The SMILES string of the molecule is CC(CN)CN1CCN(C(=O)c2cc(O)cc(O)c2)CC1. The number of rotatable bonds is 4. The number of phenols is 2. The van der Waals surface area contributed by atoms with Crippen molar-refractivity contribution in [3.63, 3.8) is 0 Å². The normalized spacial score (nSPS) is 17.7. The van der Waals surface area contributed by atoms with Crippen molar-refractivity contribution in [1.29, 1.82) is 0 Å². The van der Waals surface area contributed by atoms with Crippen molar-refractivity contribution in [1.82, 2.24) is 9.80 Å². The standard InChI is InChI=1S/C15H23N3O3/c1-11(9-16)10-17-2-4-18(5-3-17)15(21)12-6-13(19)8-14(20)7-12/h6-8,11,19-20H,2-5,9-10,16H2,1H3. The molecule has 1 heterocycles. The minimum Gasteiger partial charge on any atom is -0.508 e. The molecule has 1 aliphatic rings. The Balaban J connectivity index is 1.94. The molecule has 0 aliphatic carbocycles. The van der Waals surface area contributed by atoms with Crippen LogP contribution in [0.5, 0.6) is 11.5 Å². The lowest BCUT2D eigenvalue weighted by molar-refractivity contribution is 0.0621. The molecule has 1 saturated heterocycles. The summed E-state index contributed by atoms with van der Waals surface area (Å²) in [7, 11) is 0. The minimum absolute atomic E-state index is 0.103. The first kappa shape index (κ1) is 15.6. The molecular formula is C15H23N3O3. The summed E-state index contributed by atoms with van der Waals surface area (Å²) in [5.74, 6) is 0.0884. The zero-order valence-electron chi connectivity index (χ0n) is 12.3. The molecule has 6 heteroatoms. The van der Waals surface area contributed by atoms with Crippen LogP contribution in [0.3, 0.4) is 0 Å². The third-order valence-electron chi connectivity index (χ3n) is 3.78. The van der Waals surface area contributed by atoms with E-state index in [1.54, 1.807) is 4.90 Å². The van der Waals surface area contributed by atoms with Crippen molar-refractivity contribution in [2.24, 2.45) is 11.7 Å². The number of nitrogens with two attached hydrogens (primary N) is 1. The molecule has 1 aromatic rings. The highest BCUT2D eigenvalue weighted by atomic mass is 16.3. The van der Waals surface area contributed by atoms with Crippen LogP contribution < -0.4 is 5.73 Å². The summed E-state index contributed by atoms with van der Waals surface area (Å²) in [4.78, 5) is 16.4. The van der Waals surface area contributed by atoms with E-state index in [1.807, 2.05) is 0 Å². The molecule has 0 aromatic heterocycles. The maximum Gasteiger partial charge on any atom is 0.254 e. The van der Waals surface area contributed by atoms with Crippen molar-refractivity contribution in [2.75, 3.05) is 39.3 Å². The Labute approximate surface area is 124 Å². The van der Waals surface area contributed by atoms with Crippen LogP contribution in [0, 0.1) is 5.92 Å². The zero-order chi connectivity index (χ0) is 15.4. The highest BCUT2D eigenvalue weighted by molar-refractivity contribution is 5.95. The molecule has 4 N–H and O–H groups in total. The van der Waals surface area contributed by atoms with Crippen molar-refractivity contribution < 1.29 is 15.0 Å². The molecule has 116 valence electrons. The Kier molecular flexibility index (Phi) is 5.03. The zero-order valence-corrected chi connectivity index (χ0v) is 12.3. The second-order valence-corrected chi connectivity index (χ2v) is 5.67. The molecule has 1 atom stereocenters. The number of carbonyl (C=O) groups is 1. The quantitative estimate of drug-likeness (QED) is 0.750. The molecule has 1 unspecified atom stereocenters. The van der Waals surface area contributed by atoms with Crippen molar-refractivity contribution in [3.05, 3.63) is 23.8 Å². The van der Waals surface area contributed by atoms with Crippen LogP contribution >= 0.6 is 0 Å². The number of hydrogen-bond acceptors (Lipinski definition) is 5. The Bertz CT molecular complexity index is 479. The second-order valence-electron chi connectivity index (χ2n) is 5.67. The fraction of sp³-hybridized carbons (Fsp3) is 0.533. The van der Waals surface area contributed by atoms with Gasteiger partial charge in [0, 0.05) is 44.4 Å². The largest absolute Gasteiger partial charge is 0.508 e. The van der Waals surface area contributed by atoms with Crippen LogP contribution in [0.4, 0.5) is 0 Å². The summed E-state index contributed by atoms with van der Waals surface area (Å²) in [6.07, 6.45) is 0. The molecule has 2 rings (SSSR count). The number of hydrogen-bond donors (Lipinski definition) is 3. The highest BCUT2D eigenvalue weighted by Crippen LogP contribution is 2.22. The third kappa shape index (κ3) is 4.09. The van der Waals surface area contributed by atoms with Crippen LogP contribution in [0.15, 0.2) is 18.2 Å². The van der Waals surface area contributed by atoms with Gasteiger partial charge in [0.15, 0.2) is 0 Å². The van der Waals surface area contributed by atoms with Gasteiger partial charge in [-0.15, -0.1) is 0 Å². The Morgan fingerprint density at radius 2 is 1.76 bits per heavy atom.